The Balaban J connectivity index is 0. The number of hydrogen-bond donors (Lipinski definition) is 3. The largest absolute Gasteiger partial charge is 0.400 e. The van der Waals surface area contributed by atoms with Crippen molar-refractivity contribution in [1.82, 2.24) is 0 Å². The van der Waals surface area contributed by atoms with Gasteiger partial charge in [-0.1, -0.05) is 31.8 Å². The van der Waals surface area contributed by atoms with Crippen LogP contribution >= 0.6 is 0 Å². The summed E-state index contributed by atoms with van der Waals surface area (Å²) in [6.45, 7) is 2.42. The molecule has 122 valence electrons. The van der Waals surface area contributed by atoms with E-state index in [1.807, 2.05) is 0 Å². The number of aliphatic hydroxyl groups excluding tert-OH is 3. The molecule has 0 radical (unpaired) electrons. The van der Waals surface area contributed by atoms with Gasteiger partial charge in [0.2, 0.25) is 0 Å². The van der Waals surface area contributed by atoms with Crippen LogP contribution < -0.4 is 0 Å². The van der Waals surface area contributed by atoms with Crippen molar-refractivity contribution in [3.8, 4) is 0 Å². The van der Waals surface area contributed by atoms with Gasteiger partial charge in [-0.15, -0.1) is 12.0 Å². The molecule has 0 amide bonds. The zero-order valence-corrected chi connectivity index (χ0v) is 15.5. The van der Waals surface area contributed by atoms with E-state index < -0.39 is 0 Å². The first-order chi connectivity index (χ1) is 9.88. The quantitative estimate of drug-likeness (QED) is 0.472. The molecule has 3 rings (SSSR count). The molecular weight excluding hydrogens is 300 g/mol. The van der Waals surface area contributed by atoms with E-state index in [1.54, 1.807) is 22.3 Å². The molecule has 0 saturated carbocycles. The second kappa shape index (κ2) is 13.6. The van der Waals surface area contributed by atoms with E-state index in [4.69, 9.17) is 15.3 Å². The Morgan fingerprint density at radius 1 is 0.810 bits per heavy atom. The Bertz CT molecular complexity index is 303. The van der Waals surface area contributed by atoms with Crippen molar-refractivity contribution < 1.29 is 37.0 Å². The molecule has 1 unspecified atom stereocenters. The predicted octanol–water partition coefficient (Wildman–Crippen LogP) is 3.01. The van der Waals surface area contributed by atoms with Crippen LogP contribution in [0.25, 0.3) is 0 Å². The van der Waals surface area contributed by atoms with Gasteiger partial charge in [-0.25, -0.2) is 12.0 Å². The molecular formula is C17H31O3Ti-. The van der Waals surface area contributed by atoms with Crippen LogP contribution in [0.1, 0.15) is 51.9 Å². The molecule has 0 spiro atoms. The van der Waals surface area contributed by atoms with Crippen molar-refractivity contribution in [2.75, 3.05) is 21.3 Å². The van der Waals surface area contributed by atoms with Crippen LogP contribution in [0.5, 0.6) is 0 Å². The van der Waals surface area contributed by atoms with Gasteiger partial charge in [0.1, 0.15) is 0 Å². The van der Waals surface area contributed by atoms with Crippen LogP contribution in [0, 0.1) is 12.3 Å². The minimum absolute atomic E-state index is 0. The van der Waals surface area contributed by atoms with Gasteiger partial charge in [0.05, 0.1) is 0 Å². The van der Waals surface area contributed by atoms with E-state index in [1.165, 1.54) is 44.9 Å². The van der Waals surface area contributed by atoms with Crippen molar-refractivity contribution >= 4 is 0 Å². The van der Waals surface area contributed by atoms with Crippen LogP contribution in [0.3, 0.4) is 0 Å². The van der Waals surface area contributed by atoms with E-state index in [9.17, 15) is 0 Å². The summed E-state index contributed by atoms with van der Waals surface area (Å²) in [5, 5.41) is 21.0. The molecule has 0 aromatic carbocycles. The Kier molecular flexibility index (Phi) is 15.0. The maximum atomic E-state index is 7.00. The first-order valence-electron chi connectivity index (χ1n) is 7.50. The molecule has 0 fully saturated rings. The summed E-state index contributed by atoms with van der Waals surface area (Å²) < 4.78 is 0. The molecule has 3 aliphatic rings. The zero-order chi connectivity index (χ0) is 15.5. The van der Waals surface area contributed by atoms with Gasteiger partial charge in [0.15, 0.2) is 0 Å². The topological polar surface area (TPSA) is 60.7 Å². The second-order valence-corrected chi connectivity index (χ2v) is 4.96. The Morgan fingerprint density at radius 2 is 1.33 bits per heavy atom. The van der Waals surface area contributed by atoms with Gasteiger partial charge in [0, 0.05) is 43.0 Å². The first kappa shape index (κ1) is 23.2. The summed E-state index contributed by atoms with van der Waals surface area (Å²) in [6.07, 6.45) is 12.2. The third kappa shape index (κ3) is 5.57. The molecule has 3 N–H and O–H groups in total. The summed E-state index contributed by atoms with van der Waals surface area (Å²) in [6, 6.07) is 0. The minimum atomic E-state index is 0. The smallest absolute Gasteiger partial charge is 0.0319 e. The van der Waals surface area contributed by atoms with E-state index in [0.29, 0.717) is 0 Å². The molecule has 0 bridgehead atoms. The summed E-state index contributed by atoms with van der Waals surface area (Å²) in [7, 11) is 3.00. The number of hydrogen-bond acceptors (Lipinski definition) is 3. The van der Waals surface area contributed by atoms with E-state index >= 15 is 0 Å². The van der Waals surface area contributed by atoms with Crippen molar-refractivity contribution in [3.63, 3.8) is 0 Å². The number of fused-ring (bicyclic) bond motifs is 1. The number of aliphatic hydroxyl groups is 3. The van der Waals surface area contributed by atoms with Gasteiger partial charge >= 0.3 is 0 Å². The summed E-state index contributed by atoms with van der Waals surface area (Å²) in [5.41, 5.74) is 7.07. The normalized spacial score (nSPS) is 21.8. The predicted molar refractivity (Wildman–Crippen MR) is 84.3 cm³/mol. The maximum absolute atomic E-state index is 7.00. The molecule has 0 aromatic rings. The van der Waals surface area contributed by atoms with Gasteiger partial charge in [-0.2, -0.15) is 5.57 Å². The van der Waals surface area contributed by atoms with Crippen molar-refractivity contribution in [2.45, 2.75) is 51.9 Å². The minimum Gasteiger partial charge on any atom is -0.400 e. The Hall–Kier alpha value is -0.0557. The van der Waals surface area contributed by atoms with Crippen molar-refractivity contribution in [3.05, 3.63) is 28.7 Å². The molecule has 3 aliphatic carbocycles. The van der Waals surface area contributed by atoms with Crippen LogP contribution in [0.4, 0.5) is 0 Å². The average Bonchev–Trinajstić information content (AvgIpc) is 2.87. The average molecular weight is 331 g/mol. The van der Waals surface area contributed by atoms with Crippen LogP contribution in [0.15, 0.2) is 22.3 Å². The molecule has 0 aliphatic heterocycles. The summed E-state index contributed by atoms with van der Waals surface area (Å²) in [5.74, 6) is 0.778. The van der Waals surface area contributed by atoms with Crippen LogP contribution in [-0.4, -0.2) is 36.6 Å². The Labute approximate surface area is 145 Å². The second-order valence-electron chi connectivity index (χ2n) is 4.96. The standard InChI is InChI=1S/C14H19.3CH4O.Ti/c1-10-11-6-2-4-8-13(11)14-9-5-3-7-12(10)14;3*1-2;/h6,10H,2-5,7-9H2,1H3;3*2H,1H3;/q-1;;;;. The molecule has 4 heteroatoms. The van der Waals surface area contributed by atoms with Crippen LogP contribution in [0.2, 0.25) is 0 Å². The summed E-state index contributed by atoms with van der Waals surface area (Å²) in [4.78, 5) is 0. The van der Waals surface area contributed by atoms with E-state index in [2.05, 4.69) is 13.3 Å². The van der Waals surface area contributed by atoms with E-state index in [-0.39, 0.29) is 21.7 Å². The van der Waals surface area contributed by atoms with Crippen LogP contribution in [-0.2, 0) is 21.7 Å². The molecule has 21 heavy (non-hydrogen) atoms. The first-order valence-corrected chi connectivity index (χ1v) is 7.50. The van der Waals surface area contributed by atoms with Gasteiger partial charge < -0.3 is 15.3 Å². The van der Waals surface area contributed by atoms with Crippen molar-refractivity contribution in [2.24, 2.45) is 5.92 Å². The maximum Gasteiger partial charge on any atom is 0.0319 e. The fourth-order valence-electron chi connectivity index (χ4n) is 3.51. The van der Waals surface area contributed by atoms with Crippen molar-refractivity contribution in [1.29, 1.82) is 0 Å². The monoisotopic (exact) mass is 331 g/mol. The number of allylic oxidation sites excluding steroid dienone is 4. The van der Waals surface area contributed by atoms with Gasteiger partial charge in [-0.05, 0) is 25.2 Å². The molecule has 1 atom stereocenters. The van der Waals surface area contributed by atoms with E-state index in [0.717, 1.165) is 27.2 Å². The SMILES string of the molecule is CC1C2=C(CCC[CH-]2)C2=C1CCCC2.CO.CO.CO.[Ti]. The zero-order valence-electron chi connectivity index (χ0n) is 13.9. The van der Waals surface area contributed by atoms with Gasteiger partial charge in [-0.3, -0.25) is 0 Å². The fourth-order valence-corrected chi connectivity index (χ4v) is 3.51. The van der Waals surface area contributed by atoms with Gasteiger partial charge in [0.25, 0.3) is 0 Å². The fraction of sp³-hybridized carbons (Fsp3) is 0.706. The Morgan fingerprint density at radius 3 is 1.95 bits per heavy atom. The third-order valence-electron chi connectivity index (χ3n) is 4.21. The summed E-state index contributed by atoms with van der Waals surface area (Å²) >= 11 is 0. The third-order valence-corrected chi connectivity index (χ3v) is 4.21. The molecule has 3 nitrogen and oxygen atoms in total. The molecule has 0 aromatic heterocycles. The number of rotatable bonds is 0. The molecule has 0 heterocycles. The molecule has 0 saturated heterocycles.